The first-order valence-electron chi connectivity index (χ1n) is 5.68. The molecule has 104 valence electrons. The van der Waals surface area contributed by atoms with Crippen molar-refractivity contribution in [2.45, 2.75) is 4.90 Å². The van der Waals surface area contributed by atoms with E-state index < -0.39 is 5.82 Å². The highest BCUT2D eigenvalue weighted by Crippen LogP contribution is 2.21. The van der Waals surface area contributed by atoms with Crippen LogP contribution in [-0.2, 0) is 4.79 Å². The van der Waals surface area contributed by atoms with Crippen LogP contribution in [0.15, 0.2) is 47.4 Å². The summed E-state index contributed by atoms with van der Waals surface area (Å²) in [6, 6.07) is 9.82. The van der Waals surface area contributed by atoms with Gasteiger partial charge < -0.3 is 5.32 Å². The minimum absolute atomic E-state index is 0.0825. The van der Waals surface area contributed by atoms with Crippen molar-refractivity contribution in [1.82, 2.24) is 0 Å². The van der Waals surface area contributed by atoms with Gasteiger partial charge in [0.15, 0.2) is 0 Å². The topological polar surface area (TPSA) is 29.1 Å². The zero-order valence-electron chi connectivity index (χ0n) is 10.2. The molecule has 0 atom stereocenters. The maximum absolute atomic E-state index is 13.5. The largest absolute Gasteiger partial charge is 0.323 e. The zero-order chi connectivity index (χ0) is 14.5. The molecule has 0 heterocycles. The number of carbonyl (C=O) groups is 1. The second-order valence-electron chi connectivity index (χ2n) is 3.91. The summed E-state index contributed by atoms with van der Waals surface area (Å²) < 4.78 is 26.2. The van der Waals surface area contributed by atoms with E-state index in [1.165, 1.54) is 36.0 Å². The van der Waals surface area contributed by atoms with Crippen molar-refractivity contribution >= 4 is 35.0 Å². The Morgan fingerprint density at radius 1 is 1.15 bits per heavy atom. The molecule has 0 spiro atoms. The number of rotatable bonds is 4. The second-order valence-corrected chi connectivity index (χ2v) is 5.40. The van der Waals surface area contributed by atoms with E-state index in [1.54, 1.807) is 12.1 Å². The maximum atomic E-state index is 13.5. The molecule has 0 saturated heterocycles. The van der Waals surface area contributed by atoms with Crippen molar-refractivity contribution in [3.05, 3.63) is 59.1 Å². The molecule has 6 heteroatoms. The van der Waals surface area contributed by atoms with Gasteiger partial charge in [-0.1, -0.05) is 11.6 Å². The number of hydrogen-bond acceptors (Lipinski definition) is 2. The van der Waals surface area contributed by atoms with E-state index in [1.807, 2.05) is 0 Å². The van der Waals surface area contributed by atoms with Crippen molar-refractivity contribution in [3.8, 4) is 0 Å². The number of thioether (sulfide) groups is 1. The lowest BCUT2D eigenvalue weighted by molar-refractivity contribution is -0.113. The Morgan fingerprint density at radius 2 is 1.85 bits per heavy atom. The molecular formula is C14H10ClF2NOS. The first-order chi connectivity index (χ1) is 9.54. The summed E-state index contributed by atoms with van der Waals surface area (Å²) in [5.41, 5.74) is 0.0825. The van der Waals surface area contributed by atoms with E-state index >= 15 is 0 Å². The van der Waals surface area contributed by atoms with E-state index in [-0.39, 0.29) is 28.2 Å². The quantitative estimate of drug-likeness (QED) is 0.850. The molecular weight excluding hydrogens is 304 g/mol. The van der Waals surface area contributed by atoms with E-state index in [4.69, 9.17) is 11.6 Å². The van der Waals surface area contributed by atoms with Crippen LogP contribution < -0.4 is 5.32 Å². The number of nitrogens with one attached hydrogen (secondary N) is 1. The number of amides is 1. The van der Waals surface area contributed by atoms with Gasteiger partial charge in [-0.15, -0.1) is 11.8 Å². The van der Waals surface area contributed by atoms with E-state index in [2.05, 4.69) is 5.32 Å². The minimum Gasteiger partial charge on any atom is -0.323 e. The molecule has 20 heavy (non-hydrogen) atoms. The van der Waals surface area contributed by atoms with Crippen LogP contribution in [0.3, 0.4) is 0 Å². The van der Waals surface area contributed by atoms with Gasteiger partial charge in [-0.05, 0) is 42.5 Å². The molecule has 2 rings (SSSR count). The molecule has 0 aliphatic carbocycles. The lowest BCUT2D eigenvalue weighted by Crippen LogP contribution is -2.14. The molecule has 0 aromatic heterocycles. The van der Waals surface area contributed by atoms with Crippen molar-refractivity contribution in [2.75, 3.05) is 11.1 Å². The van der Waals surface area contributed by atoms with Gasteiger partial charge in [-0.25, -0.2) is 8.78 Å². The highest BCUT2D eigenvalue weighted by atomic mass is 35.5. The lowest BCUT2D eigenvalue weighted by Gasteiger charge is -2.06. The van der Waals surface area contributed by atoms with Crippen LogP contribution in [0, 0.1) is 11.6 Å². The van der Waals surface area contributed by atoms with Gasteiger partial charge in [0.25, 0.3) is 0 Å². The van der Waals surface area contributed by atoms with Gasteiger partial charge >= 0.3 is 0 Å². The predicted octanol–water partition coefficient (Wildman–Crippen LogP) is 4.35. The highest BCUT2D eigenvalue weighted by Gasteiger charge is 2.08. The molecule has 0 aliphatic rings. The Morgan fingerprint density at radius 3 is 2.50 bits per heavy atom. The Bertz CT molecular complexity index is 619. The summed E-state index contributed by atoms with van der Waals surface area (Å²) >= 11 is 6.86. The predicted molar refractivity (Wildman–Crippen MR) is 77.2 cm³/mol. The van der Waals surface area contributed by atoms with Crippen LogP contribution in [0.1, 0.15) is 0 Å². The van der Waals surface area contributed by atoms with Crippen molar-refractivity contribution in [2.24, 2.45) is 0 Å². The normalized spacial score (nSPS) is 10.3. The number of anilines is 1. The number of halogens is 3. The average Bonchev–Trinajstić information content (AvgIpc) is 2.41. The summed E-state index contributed by atoms with van der Waals surface area (Å²) in [5.74, 6) is -1.16. The first kappa shape index (κ1) is 14.8. The van der Waals surface area contributed by atoms with E-state index in [0.717, 1.165) is 11.0 Å². The molecule has 0 unspecified atom stereocenters. The summed E-state index contributed by atoms with van der Waals surface area (Å²) in [6.45, 7) is 0. The molecule has 1 amide bonds. The lowest BCUT2D eigenvalue weighted by atomic mass is 10.3. The summed E-state index contributed by atoms with van der Waals surface area (Å²) in [7, 11) is 0. The van der Waals surface area contributed by atoms with Crippen LogP contribution in [-0.4, -0.2) is 11.7 Å². The average molecular weight is 314 g/mol. The van der Waals surface area contributed by atoms with Gasteiger partial charge in [0, 0.05) is 9.92 Å². The van der Waals surface area contributed by atoms with Gasteiger partial charge in [0.05, 0.1) is 11.4 Å². The fourth-order valence-electron chi connectivity index (χ4n) is 1.46. The number of carbonyl (C=O) groups excluding carboxylic acids is 1. The van der Waals surface area contributed by atoms with Crippen molar-refractivity contribution in [3.63, 3.8) is 0 Å². The van der Waals surface area contributed by atoms with E-state index in [9.17, 15) is 13.6 Å². The zero-order valence-corrected chi connectivity index (χ0v) is 11.8. The fourth-order valence-corrected chi connectivity index (χ4v) is 2.31. The summed E-state index contributed by atoms with van der Waals surface area (Å²) in [6.07, 6.45) is 0. The monoisotopic (exact) mass is 313 g/mol. The van der Waals surface area contributed by atoms with Crippen LogP contribution in [0.2, 0.25) is 5.02 Å². The van der Waals surface area contributed by atoms with Crippen LogP contribution in [0.4, 0.5) is 14.5 Å². The van der Waals surface area contributed by atoms with Gasteiger partial charge in [-0.3, -0.25) is 4.79 Å². The first-order valence-corrected chi connectivity index (χ1v) is 7.04. The van der Waals surface area contributed by atoms with Crippen molar-refractivity contribution < 1.29 is 13.6 Å². The van der Waals surface area contributed by atoms with Gasteiger partial charge in [-0.2, -0.15) is 0 Å². The molecule has 0 radical (unpaired) electrons. The number of hydrogen-bond donors (Lipinski definition) is 1. The summed E-state index contributed by atoms with van der Waals surface area (Å²) in [4.78, 5) is 12.4. The van der Waals surface area contributed by atoms with Crippen molar-refractivity contribution in [1.29, 1.82) is 0 Å². The number of benzene rings is 2. The molecule has 0 bridgehead atoms. The fraction of sp³-hybridized carbons (Fsp3) is 0.0714. The maximum Gasteiger partial charge on any atom is 0.234 e. The molecule has 0 aliphatic heterocycles. The Balaban J connectivity index is 1.90. The van der Waals surface area contributed by atoms with Crippen LogP contribution >= 0.6 is 23.4 Å². The Labute approximate surface area is 124 Å². The summed E-state index contributed by atoms with van der Waals surface area (Å²) in [5, 5.41) is 2.72. The molecule has 1 N–H and O–H groups in total. The minimum atomic E-state index is -0.586. The third-order valence-corrected chi connectivity index (χ3v) is 3.64. The third-order valence-electron chi connectivity index (χ3n) is 2.39. The molecule has 2 aromatic carbocycles. The Hall–Kier alpha value is -1.59. The van der Waals surface area contributed by atoms with E-state index in [0.29, 0.717) is 0 Å². The second kappa shape index (κ2) is 6.72. The van der Waals surface area contributed by atoms with Gasteiger partial charge in [0.1, 0.15) is 11.6 Å². The standard InChI is InChI=1S/C14H10ClF2NOS/c15-9-1-6-13(12(17)7-9)18-14(19)8-20-11-4-2-10(16)3-5-11/h1-7H,8H2,(H,18,19). The smallest absolute Gasteiger partial charge is 0.234 e. The highest BCUT2D eigenvalue weighted by molar-refractivity contribution is 8.00. The molecule has 0 fully saturated rings. The van der Waals surface area contributed by atoms with Gasteiger partial charge in [0.2, 0.25) is 5.91 Å². The third kappa shape index (κ3) is 4.21. The van der Waals surface area contributed by atoms with Crippen LogP contribution in [0.25, 0.3) is 0 Å². The molecule has 0 saturated carbocycles. The molecule has 2 nitrogen and oxygen atoms in total. The van der Waals surface area contributed by atoms with Crippen LogP contribution in [0.5, 0.6) is 0 Å². The Kier molecular flexibility index (Phi) is 4.98. The molecule has 2 aromatic rings. The SMILES string of the molecule is O=C(CSc1ccc(F)cc1)Nc1ccc(Cl)cc1F.